The summed E-state index contributed by atoms with van der Waals surface area (Å²) in [5.74, 6) is -4.11. The molecule has 4 unspecified atom stereocenters. The molecule has 2 fully saturated rings. The Morgan fingerprint density at radius 1 is 0.972 bits per heavy atom. The number of hydrogen-bond donors (Lipinski definition) is 4. The monoisotopic (exact) mass is 483 g/mol. The number of fused-ring (bicyclic) bond motifs is 4. The maximum absolute atomic E-state index is 13.0. The second-order valence-electron chi connectivity index (χ2n) is 9.64. The van der Waals surface area contributed by atoms with Crippen molar-refractivity contribution in [3.63, 3.8) is 0 Å². The van der Waals surface area contributed by atoms with Crippen LogP contribution in [0.2, 0.25) is 0 Å². The summed E-state index contributed by atoms with van der Waals surface area (Å²) in [6.07, 6.45) is -0.0155. The second-order valence-corrected chi connectivity index (χ2v) is 9.64. The van der Waals surface area contributed by atoms with Crippen LogP contribution in [0.15, 0.2) is 66.7 Å². The van der Waals surface area contributed by atoms with Crippen molar-refractivity contribution in [1.82, 2.24) is 15.2 Å². The topological polar surface area (TPSA) is 121 Å². The van der Waals surface area contributed by atoms with Crippen molar-refractivity contribution >= 4 is 39.6 Å². The number of imide groups is 1. The Labute approximate surface area is 206 Å². The van der Waals surface area contributed by atoms with Gasteiger partial charge in [0.1, 0.15) is 11.3 Å². The van der Waals surface area contributed by atoms with E-state index in [0.29, 0.717) is 5.56 Å². The van der Waals surface area contributed by atoms with Gasteiger partial charge in [-0.25, -0.2) is 0 Å². The van der Waals surface area contributed by atoms with Crippen molar-refractivity contribution in [3.05, 3.63) is 77.9 Å². The zero-order chi connectivity index (χ0) is 25.2. The van der Waals surface area contributed by atoms with Crippen LogP contribution in [-0.2, 0) is 27.3 Å². The summed E-state index contributed by atoms with van der Waals surface area (Å²) in [4.78, 5) is 38.7. The number of hydrogen-bond acceptors (Lipinski definition) is 5. The van der Waals surface area contributed by atoms with E-state index >= 15 is 0 Å². The number of nitrogens with one attached hydrogen (secondary N) is 2. The lowest BCUT2D eigenvalue weighted by Gasteiger charge is -2.30. The van der Waals surface area contributed by atoms with Crippen LogP contribution >= 0.6 is 0 Å². The first-order valence-electron chi connectivity index (χ1n) is 12.0. The predicted octanol–water partition coefficient (Wildman–Crippen LogP) is 3.12. The molecule has 2 aliphatic rings. The van der Waals surface area contributed by atoms with E-state index in [0.717, 1.165) is 33.9 Å². The van der Waals surface area contributed by atoms with E-state index in [1.165, 1.54) is 12.1 Å². The zero-order valence-electron chi connectivity index (χ0n) is 19.6. The predicted molar refractivity (Wildman–Crippen MR) is 133 cm³/mol. The molecule has 0 aliphatic carbocycles. The van der Waals surface area contributed by atoms with Gasteiger partial charge in [-0.1, -0.05) is 36.4 Å². The Morgan fingerprint density at radius 2 is 1.69 bits per heavy atom. The number of carboxylic acid groups (broad SMARTS) is 1. The van der Waals surface area contributed by atoms with Gasteiger partial charge in [-0.2, -0.15) is 0 Å². The SMILES string of the molecule is CCn1c2ccccc2c2cc(C3NC(Cc4ccc(O)cc4)(C(=O)O)C4C(=O)NC(=O)C34)ccc21. The van der Waals surface area contributed by atoms with Gasteiger partial charge < -0.3 is 14.8 Å². The number of carboxylic acids is 1. The minimum absolute atomic E-state index is 0.0155. The van der Waals surface area contributed by atoms with Gasteiger partial charge >= 0.3 is 5.97 Å². The average Bonchev–Trinajstić information content (AvgIpc) is 3.49. The van der Waals surface area contributed by atoms with Crippen LogP contribution in [-0.4, -0.2) is 38.1 Å². The van der Waals surface area contributed by atoms with E-state index < -0.39 is 41.2 Å². The van der Waals surface area contributed by atoms with Gasteiger partial charge in [0.2, 0.25) is 11.8 Å². The fourth-order valence-corrected chi connectivity index (χ4v) is 6.19. The number of phenolic OH excluding ortho intramolecular Hbond substituents is 1. The van der Waals surface area contributed by atoms with Crippen LogP contribution in [0.1, 0.15) is 24.1 Å². The molecule has 0 bridgehead atoms. The summed E-state index contributed by atoms with van der Waals surface area (Å²) in [5, 5.41) is 27.8. The Morgan fingerprint density at radius 3 is 2.42 bits per heavy atom. The molecule has 1 aromatic heterocycles. The van der Waals surface area contributed by atoms with Gasteiger partial charge in [0.25, 0.3) is 0 Å². The average molecular weight is 484 g/mol. The van der Waals surface area contributed by atoms with Crippen molar-refractivity contribution in [1.29, 1.82) is 0 Å². The number of aliphatic carboxylic acids is 1. The van der Waals surface area contributed by atoms with Crippen LogP contribution in [0.4, 0.5) is 0 Å². The van der Waals surface area contributed by atoms with Crippen molar-refractivity contribution in [2.75, 3.05) is 0 Å². The van der Waals surface area contributed by atoms with Crippen LogP contribution in [0.5, 0.6) is 5.75 Å². The molecule has 4 N–H and O–H groups in total. The van der Waals surface area contributed by atoms with Crippen LogP contribution in [0.25, 0.3) is 21.8 Å². The summed E-state index contributed by atoms with van der Waals surface area (Å²) in [6, 6.07) is 19.6. The van der Waals surface area contributed by atoms with Gasteiger partial charge in [-0.05, 0) is 48.4 Å². The maximum atomic E-state index is 13.0. The lowest BCUT2D eigenvalue weighted by atomic mass is 9.76. The van der Waals surface area contributed by atoms with Crippen molar-refractivity contribution in [2.45, 2.75) is 31.5 Å². The molecular formula is C28H25N3O5. The van der Waals surface area contributed by atoms with Gasteiger partial charge in [0, 0.05) is 40.8 Å². The number of aromatic nitrogens is 1. The highest BCUT2D eigenvalue weighted by Crippen LogP contribution is 2.48. The number of para-hydroxylation sites is 1. The summed E-state index contributed by atoms with van der Waals surface area (Å²) >= 11 is 0. The molecule has 4 atom stereocenters. The summed E-state index contributed by atoms with van der Waals surface area (Å²) in [7, 11) is 0. The third-order valence-corrected chi connectivity index (χ3v) is 7.77. The third kappa shape index (κ3) is 3.07. The van der Waals surface area contributed by atoms with E-state index in [4.69, 9.17) is 0 Å². The molecule has 8 nitrogen and oxygen atoms in total. The molecule has 0 saturated carbocycles. The van der Waals surface area contributed by atoms with E-state index in [1.54, 1.807) is 12.1 Å². The molecule has 6 rings (SSSR count). The largest absolute Gasteiger partial charge is 0.508 e. The number of amides is 2. The highest BCUT2D eigenvalue weighted by Gasteiger charge is 2.66. The molecule has 0 spiro atoms. The van der Waals surface area contributed by atoms with Gasteiger partial charge in [0.05, 0.1) is 11.8 Å². The molecule has 2 saturated heterocycles. The number of phenols is 1. The lowest BCUT2D eigenvalue weighted by molar-refractivity contribution is -0.149. The van der Waals surface area contributed by atoms with Gasteiger partial charge in [0.15, 0.2) is 0 Å². The minimum Gasteiger partial charge on any atom is -0.508 e. The fraction of sp³-hybridized carbons (Fsp3) is 0.250. The molecule has 36 heavy (non-hydrogen) atoms. The lowest BCUT2D eigenvalue weighted by Crippen LogP contribution is -2.57. The number of nitrogens with zero attached hydrogens (tertiary/aromatic N) is 1. The normalized spacial score (nSPS) is 25.4. The molecule has 2 aliphatic heterocycles. The highest BCUT2D eigenvalue weighted by atomic mass is 16.4. The van der Waals surface area contributed by atoms with Crippen molar-refractivity contribution in [3.8, 4) is 5.75 Å². The highest BCUT2D eigenvalue weighted by molar-refractivity contribution is 6.10. The molecule has 8 heteroatoms. The first-order chi connectivity index (χ1) is 17.3. The standard InChI is InChI=1S/C28H25N3O5/c1-2-31-20-6-4-3-5-18(20)19-13-16(9-12-21(19)31)24-22-23(26(34)29-25(22)33)28(30-24,27(35)36)14-15-7-10-17(32)11-8-15/h3-13,22-24,30,32H,2,14H2,1H3,(H,35,36)(H,29,33,34). The molecule has 2 amide bonds. The number of carbonyl (C=O) groups excluding carboxylic acids is 2. The molecule has 3 aromatic carbocycles. The third-order valence-electron chi connectivity index (χ3n) is 7.77. The number of rotatable bonds is 5. The second kappa shape index (κ2) is 7.93. The van der Waals surface area contributed by atoms with E-state index in [1.807, 2.05) is 30.3 Å². The van der Waals surface area contributed by atoms with Crippen molar-refractivity contribution < 1.29 is 24.6 Å². The molecule has 3 heterocycles. The first-order valence-corrected chi connectivity index (χ1v) is 12.0. The number of benzene rings is 3. The minimum atomic E-state index is -1.69. The summed E-state index contributed by atoms with van der Waals surface area (Å²) < 4.78 is 2.22. The maximum Gasteiger partial charge on any atom is 0.325 e. The van der Waals surface area contributed by atoms with Crippen LogP contribution in [0.3, 0.4) is 0 Å². The smallest absolute Gasteiger partial charge is 0.325 e. The molecular weight excluding hydrogens is 458 g/mol. The fourth-order valence-electron chi connectivity index (χ4n) is 6.19. The molecule has 0 radical (unpaired) electrons. The Hall–Kier alpha value is -4.17. The van der Waals surface area contributed by atoms with Crippen LogP contribution < -0.4 is 10.6 Å². The van der Waals surface area contributed by atoms with Crippen molar-refractivity contribution in [2.24, 2.45) is 11.8 Å². The van der Waals surface area contributed by atoms with Crippen LogP contribution in [0, 0.1) is 11.8 Å². The number of carbonyl (C=O) groups is 3. The first kappa shape index (κ1) is 22.3. The summed E-state index contributed by atoms with van der Waals surface area (Å²) in [6.45, 7) is 2.88. The quantitative estimate of drug-likeness (QED) is 0.324. The number of aryl methyl sites for hydroxylation is 1. The van der Waals surface area contributed by atoms with Gasteiger partial charge in [-0.15, -0.1) is 0 Å². The molecule has 182 valence electrons. The van der Waals surface area contributed by atoms with E-state index in [-0.39, 0.29) is 12.2 Å². The Balaban J connectivity index is 1.50. The summed E-state index contributed by atoms with van der Waals surface area (Å²) in [5.41, 5.74) is 1.86. The molecule has 4 aromatic rings. The van der Waals surface area contributed by atoms with Gasteiger partial charge in [-0.3, -0.25) is 25.0 Å². The Bertz CT molecular complexity index is 1560. The zero-order valence-corrected chi connectivity index (χ0v) is 19.6. The number of aromatic hydroxyl groups is 1. The van der Waals surface area contributed by atoms with E-state index in [2.05, 4.69) is 34.3 Å². The Kier molecular flexibility index (Phi) is 4.91. The van der Waals surface area contributed by atoms with E-state index in [9.17, 15) is 24.6 Å².